The largest absolute Gasteiger partial charge is 0.457 e. The average molecular weight is 422 g/mol. The molecule has 30 heavy (non-hydrogen) atoms. The van der Waals surface area contributed by atoms with Gasteiger partial charge in [-0.2, -0.15) is 0 Å². The van der Waals surface area contributed by atoms with Crippen LogP contribution in [0.5, 0.6) is 0 Å². The molecule has 0 amide bonds. The third kappa shape index (κ3) is 3.17. The second-order valence-electron chi connectivity index (χ2n) is 8.39. The molecular formula is C21H26O9. The molecule has 2 aliphatic carbocycles. The first-order valence-corrected chi connectivity index (χ1v) is 9.94. The Hall–Kier alpha value is -1.88. The average Bonchev–Trinajstić information content (AvgIpc) is 3.11. The van der Waals surface area contributed by atoms with Crippen molar-refractivity contribution in [3.63, 3.8) is 0 Å². The highest BCUT2D eigenvalue weighted by atomic mass is 16.7. The second-order valence-corrected chi connectivity index (χ2v) is 8.39. The van der Waals surface area contributed by atoms with E-state index in [4.69, 9.17) is 14.2 Å². The number of aliphatic hydroxyl groups excluding tert-OH is 4. The van der Waals surface area contributed by atoms with Crippen molar-refractivity contribution in [1.82, 2.24) is 0 Å². The van der Waals surface area contributed by atoms with Gasteiger partial charge in [-0.1, -0.05) is 12.2 Å². The zero-order valence-electron chi connectivity index (χ0n) is 16.7. The fourth-order valence-corrected chi connectivity index (χ4v) is 4.91. The van der Waals surface area contributed by atoms with Crippen molar-refractivity contribution in [2.45, 2.75) is 63.2 Å². The van der Waals surface area contributed by atoms with Crippen molar-refractivity contribution < 1.29 is 44.2 Å². The van der Waals surface area contributed by atoms with Crippen molar-refractivity contribution in [3.05, 3.63) is 34.9 Å². The van der Waals surface area contributed by atoms with Gasteiger partial charge >= 0.3 is 5.97 Å². The Morgan fingerprint density at radius 2 is 1.87 bits per heavy atom. The van der Waals surface area contributed by atoms with Crippen LogP contribution in [0, 0.1) is 11.8 Å². The van der Waals surface area contributed by atoms with Crippen LogP contribution in [0.3, 0.4) is 0 Å². The van der Waals surface area contributed by atoms with E-state index < -0.39 is 67.3 Å². The molecule has 9 heteroatoms. The van der Waals surface area contributed by atoms with Gasteiger partial charge in [0, 0.05) is 23.0 Å². The number of esters is 1. The number of aliphatic hydroxyl groups is 4. The summed E-state index contributed by atoms with van der Waals surface area (Å²) in [6.45, 7) is 6.82. The number of rotatable bonds is 3. The van der Waals surface area contributed by atoms with Gasteiger partial charge in [-0.15, -0.1) is 0 Å². The van der Waals surface area contributed by atoms with Crippen LogP contribution in [0.1, 0.15) is 20.3 Å². The minimum atomic E-state index is -1.58. The molecule has 2 fully saturated rings. The molecule has 0 aromatic heterocycles. The molecule has 9 unspecified atom stereocenters. The second kappa shape index (κ2) is 7.67. The SMILES string of the molecule is C=C1C(=O)OC2C1CC(OC1OC(CO)C(O)C(O)C1O)C(C)=C1C(=O)C=C(C)C12. The fourth-order valence-electron chi connectivity index (χ4n) is 4.91. The molecule has 2 aliphatic heterocycles. The molecular weight excluding hydrogens is 396 g/mol. The molecule has 4 rings (SSSR count). The van der Waals surface area contributed by atoms with Crippen LogP contribution in [0.15, 0.2) is 34.9 Å². The van der Waals surface area contributed by atoms with Crippen LogP contribution < -0.4 is 0 Å². The number of carbonyl (C=O) groups is 2. The number of allylic oxidation sites excluding steroid dienone is 1. The molecule has 9 atom stereocenters. The maximum atomic E-state index is 12.7. The number of fused-ring (bicyclic) bond motifs is 3. The maximum Gasteiger partial charge on any atom is 0.334 e. The lowest BCUT2D eigenvalue weighted by Crippen LogP contribution is -2.59. The van der Waals surface area contributed by atoms with E-state index in [1.807, 2.05) is 6.92 Å². The van der Waals surface area contributed by atoms with Gasteiger partial charge < -0.3 is 34.6 Å². The van der Waals surface area contributed by atoms with Crippen LogP contribution >= 0.6 is 0 Å². The number of carbonyl (C=O) groups excluding carboxylic acids is 2. The van der Waals surface area contributed by atoms with E-state index in [0.29, 0.717) is 16.7 Å². The summed E-state index contributed by atoms with van der Waals surface area (Å²) in [5, 5.41) is 39.8. The fraction of sp³-hybridized carbons (Fsp3) is 0.619. The van der Waals surface area contributed by atoms with Crippen LogP contribution in [0.25, 0.3) is 0 Å². The summed E-state index contributed by atoms with van der Waals surface area (Å²) in [7, 11) is 0. The summed E-state index contributed by atoms with van der Waals surface area (Å²) in [4.78, 5) is 24.9. The summed E-state index contributed by atoms with van der Waals surface area (Å²) in [5.41, 5.74) is 2.19. The van der Waals surface area contributed by atoms with Gasteiger partial charge in [0.15, 0.2) is 12.1 Å². The third-order valence-electron chi connectivity index (χ3n) is 6.63. The number of hydrogen-bond acceptors (Lipinski definition) is 9. The summed E-state index contributed by atoms with van der Waals surface area (Å²) in [6, 6.07) is 0. The molecule has 4 N–H and O–H groups in total. The summed E-state index contributed by atoms with van der Waals surface area (Å²) in [6.07, 6.45) is -6.65. The van der Waals surface area contributed by atoms with E-state index in [1.165, 1.54) is 6.08 Å². The molecule has 4 aliphatic rings. The number of hydrogen-bond donors (Lipinski definition) is 4. The van der Waals surface area contributed by atoms with E-state index in [1.54, 1.807) is 6.92 Å². The highest BCUT2D eigenvalue weighted by molar-refractivity contribution is 6.09. The van der Waals surface area contributed by atoms with Gasteiger partial charge in [-0.25, -0.2) is 4.79 Å². The van der Waals surface area contributed by atoms with Crippen LogP contribution in [0.2, 0.25) is 0 Å². The number of ether oxygens (including phenoxy) is 3. The van der Waals surface area contributed by atoms with Gasteiger partial charge in [-0.3, -0.25) is 4.79 Å². The highest BCUT2D eigenvalue weighted by Crippen LogP contribution is 2.48. The highest BCUT2D eigenvalue weighted by Gasteiger charge is 2.52. The molecule has 0 aromatic carbocycles. The zero-order valence-corrected chi connectivity index (χ0v) is 16.7. The molecule has 0 radical (unpaired) electrons. The van der Waals surface area contributed by atoms with Crippen molar-refractivity contribution in [3.8, 4) is 0 Å². The van der Waals surface area contributed by atoms with E-state index in [-0.39, 0.29) is 12.2 Å². The third-order valence-corrected chi connectivity index (χ3v) is 6.63. The Morgan fingerprint density at radius 1 is 1.17 bits per heavy atom. The quantitative estimate of drug-likeness (QED) is 0.337. The summed E-state index contributed by atoms with van der Waals surface area (Å²) < 4.78 is 17.0. The van der Waals surface area contributed by atoms with E-state index in [0.717, 1.165) is 5.57 Å². The van der Waals surface area contributed by atoms with Crippen LogP contribution in [-0.4, -0.2) is 81.7 Å². The van der Waals surface area contributed by atoms with E-state index in [2.05, 4.69) is 6.58 Å². The minimum absolute atomic E-state index is 0.188. The van der Waals surface area contributed by atoms with Crippen LogP contribution in [0.4, 0.5) is 0 Å². The van der Waals surface area contributed by atoms with E-state index >= 15 is 0 Å². The summed E-state index contributed by atoms with van der Waals surface area (Å²) >= 11 is 0. The molecule has 0 bridgehead atoms. The molecule has 0 aromatic rings. The lowest BCUT2D eigenvalue weighted by Gasteiger charge is -2.41. The first-order chi connectivity index (χ1) is 14.1. The zero-order chi connectivity index (χ0) is 21.9. The van der Waals surface area contributed by atoms with Crippen molar-refractivity contribution in [2.75, 3.05) is 6.61 Å². The van der Waals surface area contributed by atoms with Gasteiger partial charge in [0.05, 0.1) is 12.7 Å². The molecule has 2 saturated heterocycles. The Kier molecular flexibility index (Phi) is 5.46. The van der Waals surface area contributed by atoms with Crippen LogP contribution in [-0.2, 0) is 23.8 Å². The van der Waals surface area contributed by atoms with Crippen molar-refractivity contribution in [1.29, 1.82) is 0 Å². The minimum Gasteiger partial charge on any atom is -0.457 e. The number of ketones is 1. The topological polar surface area (TPSA) is 143 Å². The maximum absolute atomic E-state index is 12.7. The van der Waals surface area contributed by atoms with E-state index in [9.17, 15) is 30.0 Å². The Morgan fingerprint density at radius 3 is 2.53 bits per heavy atom. The Bertz CT molecular complexity index is 841. The smallest absolute Gasteiger partial charge is 0.334 e. The normalized spacial score (nSPS) is 43.9. The predicted octanol–water partition coefficient (Wildman–Crippen LogP) is -0.865. The van der Waals surface area contributed by atoms with Gasteiger partial charge in [-0.05, 0) is 31.9 Å². The molecule has 0 spiro atoms. The standard InChI is InChI=1S/C21H26O9/c1-7-4-11(23)15-9(3)12(5-10-8(2)20(27)30-19(10)14(7)15)28-21-18(26)17(25)16(24)13(6-22)29-21/h4,10,12-14,16-19,21-22,24-26H,2,5-6H2,1,3H3. The Balaban J connectivity index is 1.68. The molecule has 0 saturated carbocycles. The van der Waals surface area contributed by atoms with Crippen molar-refractivity contribution >= 4 is 11.8 Å². The lowest BCUT2D eigenvalue weighted by molar-refractivity contribution is -0.309. The van der Waals surface area contributed by atoms with Gasteiger partial charge in [0.1, 0.15) is 30.5 Å². The Labute approximate surface area is 173 Å². The van der Waals surface area contributed by atoms with Gasteiger partial charge in [0.25, 0.3) is 0 Å². The predicted molar refractivity (Wildman–Crippen MR) is 101 cm³/mol. The summed E-state index contributed by atoms with van der Waals surface area (Å²) in [5.74, 6) is -1.50. The van der Waals surface area contributed by atoms with Crippen molar-refractivity contribution in [2.24, 2.45) is 11.8 Å². The first kappa shape index (κ1) is 21.4. The molecule has 2 heterocycles. The molecule has 164 valence electrons. The van der Waals surface area contributed by atoms with Gasteiger partial charge in [0.2, 0.25) is 0 Å². The lowest BCUT2D eigenvalue weighted by atomic mass is 9.83. The molecule has 9 nitrogen and oxygen atoms in total. The monoisotopic (exact) mass is 422 g/mol. The first-order valence-electron chi connectivity index (χ1n) is 9.94.